The molecule has 3 aliphatic rings. The normalized spacial score (nSPS) is 26.6. The number of aliphatic hydroxyl groups is 1. The van der Waals surface area contributed by atoms with Gasteiger partial charge in [0.25, 0.3) is 11.6 Å². The number of fused-ring (bicyclic) bond motifs is 2. The lowest BCUT2D eigenvalue weighted by Crippen LogP contribution is -2.62. The van der Waals surface area contributed by atoms with Crippen LogP contribution in [-0.2, 0) is 18.9 Å². The van der Waals surface area contributed by atoms with Gasteiger partial charge >= 0.3 is 6.16 Å². The summed E-state index contributed by atoms with van der Waals surface area (Å²) in [4.78, 5) is 35.0. The van der Waals surface area contributed by atoms with Crippen molar-refractivity contribution in [1.82, 2.24) is 5.32 Å². The Kier molecular flexibility index (Phi) is 6.66. The Morgan fingerprint density at radius 2 is 1.90 bits per heavy atom. The first-order chi connectivity index (χ1) is 18.5. The summed E-state index contributed by atoms with van der Waals surface area (Å²) in [7, 11) is 1.49. The van der Waals surface area contributed by atoms with Crippen LogP contribution in [0.25, 0.3) is 6.08 Å². The van der Waals surface area contributed by atoms with E-state index in [1.807, 2.05) is 0 Å². The number of aliphatic hydroxyl groups excluding tert-OH is 1. The van der Waals surface area contributed by atoms with E-state index in [0.717, 1.165) is 6.07 Å². The van der Waals surface area contributed by atoms with Crippen LogP contribution in [0.2, 0.25) is 0 Å². The van der Waals surface area contributed by atoms with E-state index in [1.165, 1.54) is 31.4 Å². The van der Waals surface area contributed by atoms with Gasteiger partial charge in [0, 0.05) is 35.9 Å². The maximum Gasteiger partial charge on any atom is 0.509 e. The predicted octanol–water partition coefficient (Wildman–Crippen LogP) is 2.82. The van der Waals surface area contributed by atoms with E-state index in [0.29, 0.717) is 22.6 Å². The summed E-state index contributed by atoms with van der Waals surface area (Å²) in [6.45, 7) is 5.28. The minimum absolute atomic E-state index is 0.0454. The number of carbonyl (C=O) groups is 2. The molecule has 0 bridgehead atoms. The Balaban J connectivity index is 1.37. The molecule has 2 saturated heterocycles. The van der Waals surface area contributed by atoms with Gasteiger partial charge in [-0.25, -0.2) is 4.79 Å². The molecule has 1 amide bonds. The minimum Gasteiger partial charge on any atom is -0.460 e. The van der Waals surface area contributed by atoms with E-state index in [2.05, 4.69) is 5.32 Å². The lowest BCUT2D eigenvalue weighted by Gasteiger charge is -2.45. The third-order valence-corrected chi connectivity index (χ3v) is 6.73. The molecule has 0 aromatic heterocycles. The van der Waals surface area contributed by atoms with Gasteiger partial charge in [0.05, 0.1) is 16.2 Å². The molecule has 2 aromatic rings. The third-order valence-electron chi connectivity index (χ3n) is 6.73. The summed E-state index contributed by atoms with van der Waals surface area (Å²) in [5.41, 5.74) is 0.0374. The molecule has 0 spiro atoms. The van der Waals surface area contributed by atoms with E-state index in [1.54, 1.807) is 32.9 Å². The fourth-order valence-electron chi connectivity index (χ4n) is 4.86. The van der Waals surface area contributed by atoms with Gasteiger partial charge in [0.2, 0.25) is 18.7 Å². The predicted molar refractivity (Wildman–Crippen MR) is 132 cm³/mol. The Hall–Kier alpha value is -4.20. The van der Waals surface area contributed by atoms with Crippen molar-refractivity contribution >= 4 is 23.8 Å². The number of nitrogens with one attached hydrogen (secondary N) is 1. The molecular weight excluding hydrogens is 516 g/mol. The molecule has 2 aromatic carbocycles. The quantitative estimate of drug-likeness (QED) is 0.313. The van der Waals surface area contributed by atoms with Crippen molar-refractivity contribution in [2.75, 3.05) is 7.11 Å². The summed E-state index contributed by atoms with van der Waals surface area (Å²) in [5, 5.41) is 24.2. The van der Waals surface area contributed by atoms with Gasteiger partial charge in [-0.2, -0.15) is 0 Å². The number of nitro benzene ring substituents is 1. The highest BCUT2D eigenvalue weighted by Crippen LogP contribution is 2.41. The van der Waals surface area contributed by atoms with Crippen LogP contribution >= 0.6 is 0 Å². The van der Waals surface area contributed by atoms with Gasteiger partial charge in [-0.15, -0.1) is 0 Å². The standard InChI is InChI=1S/C26H26N2O11/c1-12-17(35-24-20-19(37-25(31)38-20)21(34-4)26(2,3)39-24)9-8-13-11-16(23(30)36-18(12)13)27-22(29)14-6-5-7-15(10-14)28(32)33/h5-11,19-21,23-24,30H,1-4H3,(H,27,29)/t19-,20+,21+,23?,24+/m0/s1. The molecule has 2 fully saturated rings. The van der Waals surface area contributed by atoms with Crippen LogP contribution in [0, 0.1) is 17.0 Å². The van der Waals surface area contributed by atoms with Gasteiger partial charge in [-0.1, -0.05) is 6.07 Å². The van der Waals surface area contributed by atoms with Crippen molar-refractivity contribution in [3.05, 3.63) is 68.9 Å². The highest BCUT2D eigenvalue weighted by molar-refractivity contribution is 5.96. The molecule has 3 aliphatic heterocycles. The molecule has 0 radical (unpaired) electrons. The second-order valence-corrected chi connectivity index (χ2v) is 9.72. The Bertz CT molecular complexity index is 1370. The van der Waals surface area contributed by atoms with Crippen LogP contribution in [0.5, 0.6) is 11.5 Å². The number of amides is 1. The molecule has 39 heavy (non-hydrogen) atoms. The lowest BCUT2D eigenvalue weighted by atomic mass is 9.89. The third kappa shape index (κ3) is 4.87. The topological polar surface area (TPSA) is 165 Å². The van der Waals surface area contributed by atoms with Crippen LogP contribution in [0.15, 0.2) is 42.1 Å². The number of methoxy groups -OCH3 is 1. The fraction of sp³-hybridized carbons (Fsp3) is 0.385. The van der Waals surface area contributed by atoms with E-state index in [9.17, 15) is 24.8 Å². The maximum absolute atomic E-state index is 12.7. The maximum atomic E-state index is 12.7. The summed E-state index contributed by atoms with van der Waals surface area (Å²) in [6, 6.07) is 8.52. The highest BCUT2D eigenvalue weighted by Gasteiger charge is 2.59. The molecule has 1 unspecified atom stereocenters. The smallest absolute Gasteiger partial charge is 0.460 e. The Morgan fingerprint density at radius 1 is 1.15 bits per heavy atom. The SMILES string of the molecule is CO[C@@H]1[C@H]2OC(=O)O[C@H]2[C@H](Oc2ccc3c(c2C)OC(O)C(NC(=O)c2cccc([N+](=O)[O-])c2)=C3)OC1(C)C. The largest absolute Gasteiger partial charge is 0.509 e. The molecule has 13 nitrogen and oxygen atoms in total. The monoisotopic (exact) mass is 542 g/mol. The summed E-state index contributed by atoms with van der Waals surface area (Å²) >= 11 is 0. The van der Waals surface area contributed by atoms with Crippen LogP contribution in [-0.4, -0.2) is 65.7 Å². The molecule has 13 heteroatoms. The van der Waals surface area contributed by atoms with Crippen molar-refractivity contribution in [3.8, 4) is 11.5 Å². The van der Waals surface area contributed by atoms with Crippen LogP contribution in [0.4, 0.5) is 10.5 Å². The molecule has 206 valence electrons. The molecule has 3 heterocycles. The van der Waals surface area contributed by atoms with Gasteiger partial charge in [-0.3, -0.25) is 14.9 Å². The second kappa shape index (κ2) is 9.84. The van der Waals surface area contributed by atoms with Gasteiger partial charge in [0.15, 0.2) is 6.10 Å². The molecule has 5 rings (SSSR count). The average molecular weight is 542 g/mol. The molecule has 5 atom stereocenters. The zero-order valence-electron chi connectivity index (χ0n) is 21.4. The van der Waals surface area contributed by atoms with Crippen molar-refractivity contribution in [3.63, 3.8) is 0 Å². The second-order valence-electron chi connectivity index (χ2n) is 9.72. The van der Waals surface area contributed by atoms with Crippen LogP contribution in [0.3, 0.4) is 0 Å². The summed E-state index contributed by atoms with van der Waals surface area (Å²) < 4.78 is 34.0. The van der Waals surface area contributed by atoms with Gasteiger partial charge < -0.3 is 38.8 Å². The van der Waals surface area contributed by atoms with Crippen molar-refractivity contribution in [2.45, 2.75) is 57.3 Å². The first kappa shape index (κ1) is 26.4. The number of hydrogen-bond donors (Lipinski definition) is 2. The lowest BCUT2D eigenvalue weighted by molar-refractivity contribution is -0.384. The van der Waals surface area contributed by atoms with Crippen molar-refractivity contribution < 1.29 is 48.0 Å². The number of ether oxygens (including phenoxy) is 6. The zero-order valence-corrected chi connectivity index (χ0v) is 21.4. The summed E-state index contributed by atoms with van der Waals surface area (Å²) in [6.07, 6.45) is -4.08. The van der Waals surface area contributed by atoms with E-state index in [4.69, 9.17) is 28.4 Å². The van der Waals surface area contributed by atoms with Gasteiger partial charge in [-0.05, 0) is 45.0 Å². The van der Waals surface area contributed by atoms with E-state index in [-0.39, 0.29) is 16.9 Å². The summed E-state index contributed by atoms with van der Waals surface area (Å²) in [5.74, 6) is -0.00627. The first-order valence-corrected chi connectivity index (χ1v) is 12.0. The molecule has 0 saturated carbocycles. The van der Waals surface area contributed by atoms with E-state index < -0.39 is 53.5 Å². The minimum atomic E-state index is -1.53. The number of nitrogens with zero attached hydrogens (tertiary/aromatic N) is 1. The average Bonchev–Trinajstić information content (AvgIpc) is 3.27. The molecule has 2 N–H and O–H groups in total. The number of rotatable bonds is 6. The van der Waals surface area contributed by atoms with Crippen molar-refractivity contribution in [2.24, 2.45) is 0 Å². The number of carbonyl (C=O) groups excluding carboxylic acids is 2. The first-order valence-electron chi connectivity index (χ1n) is 12.0. The molecular formula is C26H26N2O11. The number of non-ortho nitro benzene ring substituents is 1. The number of benzene rings is 2. The van der Waals surface area contributed by atoms with Gasteiger partial charge in [0.1, 0.15) is 17.6 Å². The Labute approximate surface area is 222 Å². The molecule has 0 aliphatic carbocycles. The number of hydrogen-bond acceptors (Lipinski definition) is 11. The zero-order chi connectivity index (χ0) is 28.1. The van der Waals surface area contributed by atoms with E-state index >= 15 is 0 Å². The van der Waals surface area contributed by atoms with Crippen molar-refractivity contribution in [1.29, 1.82) is 0 Å². The number of nitro groups is 1. The fourth-order valence-corrected chi connectivity index (χ4v) is 4.86. The van der Waals surface area contributed by atoms with Crippen LogP contribution < -0.4 is 14.8 Å². The van der Waals surface area contributed by atoms with Crippen LogP contribution in [0.1, 0.15) is 35.3 Å². The Morgan fingerprint density at radius 3 is 2.62 bits per heavy atom. The highest BCUT2D eigenvalue weighted by atomic mass is 16.8.